The molecule has 1 amide bonds. The maximum atomic E-state index is 13.2. The molecule has 2 aliphatic heterocycles. The number of benzene rings is 1. The van der Waals surface area contributed by atoms with Crippen molar-refractivity contribution in [2.45, 2.75) is 82.8 Å². The Morgan fingerprint density at radius 1 is 1.03 bits per heavy atom. The summed E-state index contributed by atoms with van der Waals surface area (Å²) in [6, 6.07) is 4.48. The molecule has 0 spiro atoms. The number of sulfonamides is 1. The standard InChI is InChI=1S/C23H34N2O5S/c1-17-11-12-20(31(28,29)25-15-9-6-10-18(25)2)16-21(17)23(27)30-19(3)22(26)24-13-7-4-5-8-14-24/h11-12,16,18-19H,4-10,13-15H2,1-3H3. The molecule has 2 atom stereocenters. The molecular formula is C23H34N2O5S. The average molecular weight is 451 g/mol. The number of likely N-dealkylation sites (tertiary alicyclic amines) is 1. The van der Waals surface area contributed by atoms with Crippen LogP contribution in [0.3, 0.4) is 0 Å². The first-order valence-corrected chi connectivity index (χ1v) is 12.8. The Morgan fingerprint density at radius 3 is 2.32 bits per heavy atom. The van der Waals surface area contributed by atoms with Gasteiger partial charge in [0.2, 0.25) is 10.0 Å². The zero-order valence-corrected chi connectivity index (χ0v) is 19.6. The first-order chi connectivity index (χ1) is 14.7. The van der Waals surface area contributed by atoms with Gasteiger partial charge < -0.3 is 9.64 Å². The minimum atomic E-state index is -3.70. The van der Waals surface area contributed by atoms with Crippen LogP contribution >= 0.6 is 0 Å². The molecule has 2 heterocycles. The quantitative estimate of drug-likeness (QED) is 0.641. The van der Waals surface area contributed by atoms with Gasteiger partial charge in [-0.05, 0) is 64.2 Å². The molecule has 2 aliphatic rings. The van der Waals surface area contributed by atoms with E-state index in [1.807, 2.05) is 6.92 Å². The maximum Gasteiger partial charge on any atom is 0.339 e. The number of aryl methyl sites for hydroxylation is 1. The van der Waals surface area contributed by atoms with E-state index in [4.69, 9.17) is 4.74 Å². The van der Waals surface area contributed by atoms with Crippen LogP contribution in [0, 0.1) is 6.92 Å². The molecule has 2 unspecified atom stereocenters. The SMILES string of the molecule is Cc1ccc(S(=O)(=O)N2CCCCC2C)cc1C(=O)OC(C)C(=O)N1CCCCCC1. The number of amides is 1. The van der Waals surface area contributed by atoms with Gasteiger partial charge in [0.1, 0.15) is 0 Å². The Hall–Kier alpha value is -1.93. The van der Waals surface area contributed by atoms with E-state index < -0.39 is 22.1 Å². The molecule has 0 radical (unpaired) electrons. The van der Waals surface area contributed by atoms with Crippen LogP contribution < -0.4 is 0 Å². The Morgan fingerprint density at radius 2 is 1.68 bits per heavy atom. The fourth-order valence-corrected chi connectivity index (χ4v) is 6.09. The van der Waals surface area contributed by atoms with Crippen LogP contribution in [0.1, 0.15) is 74.7 Å². The molecule has 8 heteroatoms. The number of hydrogen-bond donors (Lipinski definition) is 0. The smallest absolute Gasteiger partial charge is 0.339 e. The van der Waals surface area contributed by atoms with Gasteiger partial charge in [0.15, 0.2) is 6.10 Å². The highest BCUT2D eigenvalue weighted by Crippen LogP contribution is 2.27. The van der Waals surface area contributed by atoms with Gasteiger partial charge in [0.25, 0.3) is 5.91 Å². The van der Waals surface area contributed by atoms with Crippen LogP contribution in [0.25, 0.3) is 0 Å². The van der Waals surface area contributed by atoms with E-state index in [0.717, 1.165) is 44.9 Å². The molecule has 2 saturated heterocycles. The maximum absolute atomic E-state index is 13.2. The molecule has 3 rings (SSSR count). The van der Waals surface area contributed by atoms with Crippen molar-refractivity contribution >= 4 is 21.9 Å². The largest absolute Gasteiger partial charge is 0.449 e. The predicted molar refractivity (Wildman–Crippen MR) is 118 cm³/mol. The second kappa shape index (κ2) is 10.1. The highest BCUT2D eigenvalue weighted by atomic mass is 32.2. The van der Waals surface area contributed by atoms with Crippen molar-refractivity contribution in [3.05, 3.63) is 29.3 Å². The van der Waals surface area contributed by atoms with E-state index in [1.54, 1.807) is 24.8 Å². The van der Waals surface area contributed by atoms with Crippen molar-refractivity contribution in [2.24, 2.45) is 0 Å². The number of carbonyl (C=O) groups excluding carboxylic acids is 2. The van der Waals surface area contributed by atoms with Gasteiger partial charge in [-0.1, -0.05) is 25.3 Å². The number of carbonyl (C=O) groups is 2. The molecule has 1 aromatic rings. The monoisotopic (exact) mass is 450 g/mol. The minimum absolute atomic E-state index is 0.0678. The summed E-state index contributed by atoms with van der Waals surface area (Å²) in [6.45, 7) is 7.08. The van der Waals surface area contributed by atoms with Gasteiger partial charge in [0.05, 0.1) is 10.5 Å². The number of piperidine rings is 1. The van der Waals surface area contributed by atoms with E-state index in [-0.39, 0.29) is 22.4 Å². The fourth-order valence-electron chi connectivity index (χ4n) is 4.37. The molecule has 31 heavy (non-hydrogen) atoms. The van der Waals surface area contributed by atoms with Gasteiger partial charge in [-0.3, -0.25) is 4.79 Å². The zero-order valence-electron chi connectivity index (χ0n) is 18.8. The number of rotatable bonds is 5. The highest BCUT2D eigenvalue weighted by molar-refractivity contribution is 7.89. The summed E-state index contributed by atoms with van der Waals surface area (Å²) in [5.41, 5.74) is 0.798. The lowest BCUT2D eigenvalue weighted by Crippen LogP contribution is -2.42. The second-order valence-electron chi connectivity index (χ2n) is 8.72. The molecule has 0 N–H and O–H groups in total. The van der Waals surface area contributed by atoms with Gasteiger partial charge in [-0.25, -0.2) is 13.2 Å². The third-order valence-electron chi connectivity index (χ3n) is 6.33. The molecular weight excluding hydrogens is 416 g/mol. The summed E-state index contributed by atoms with van der Waals surface area (Å²) in [4.78, 5) is 27.4. The number of hydrogen-bond acceptors (Lipinski definition) is 5. The van der Waals surface area contributed by atoms with E-state index in [2.05, 4.69) is 0 Å². The van der Waals surface area contributed by atoms with Crippen molar-refractivity contribution in [2.75, 3.05) is 19.6 Å². The molecule has 0 aliphatic carbocycles. The summed E-state index contributed by atoms with van der Waals surface area (Å²) in [5, 5.41) is 0. The summed E-state index contributed by atoms with van der Waals surface area (Å²) in [5.74, 6) is -0.865. The second-order valence-corrected chi connectivity index (χ2v) is 10.6. The van der Waals surface area contributed by atoms with Crippen LogP contribution in [-0.2, 0) is 19.6 Å². The number of nitrogens with zero attached hydrogens (tertiary/aromatic N) is 2. The fraction of sp³-hybridized carbons (Fsp3) is 0.652. The Bertz CT molecular complexity index is 907. The van der Waals surface area contributed by atoms with Crippen LogP contribution in [0.4, 0.5) is 0 Å². The van der Waals surface area contributed by atoms with Gasteiger partial charge in [-0.15, -0.1) is 0 Å². The van der Waals surface area contributed by atoms with Gasteiger partial charge in [0, 0.05) is 25.7 Å². The number of esters is 1. The predicted octanol–water partition coefficient (Wildman–Crippen LogP) is 3.51. The summed E-state index contributed by atoms with van der Waals surface area (Å²) in [6.07, 6.45) is 5.90. The lowest BCUT2D eigenvalue weighted by atomic mass is 10.1. The molecule has 7 nitrogen and oxygen atoms in total. The van der Waals surface area contributed by atoms with Gasteiger partial charge >= 0.3 is 5.97 Å². The van der Waals surface area contributed by atoms with E-state index in [9.17, 15) is 18.0 Å². The van der Waals surface area contributed by atoms with E-state index in [0.29, 0.717) is 25.2 Å². The van der Waals surface area contributed by atoms with Crippen LogP contribution in [0.2, 0.25) is 0 Å². The average Bonchev–Trinajstić information content (AvgIpc) is 3.03. The van der Waals surface area contributed by atoms with E-state index in [1.165, 1.54) is 16.4 Å². The normalized spacial score (nSPS) is 21.9. The first kappa shape index (κ1) is 23.7. The van der Waals surface area contributed by atoms with Gasteiger partial charge in [-0.2, -0.15) is 4.31 Å². The lowest BCUT2D eigenvalue weighted by Gasteiger charge is -2.32. The van der Waals surface area contributed by atoms with Crippen molar-refractivity contribution in [1.29, 1.82) is 0 Å². The summed E-state index contributed by atoms with van der Waals surface area (Å²) < 4.78 is 33.3. The highest BCUT2D eigenvalue weighted by Gasteiger charge is 2.32. The van der Waals surface area contributed by atoms with Crippen molar-refractivity contribution in [3.8, 4) is 0 Å². The Balaban J connectivity index is 1.76. The van der Waals surface area contributed by atoms with Crippen molar-refractivity contribution in [3.63, 3.8) is 0 Å². The topological polar surface area (TPSA) is 84.0 Å². The third kappa shape index (κ3) is 5.47. The summed E-state index contributed by atoms with van der Waals surface area (Å²) in [7, 11) is -3.70. The minimum Gasteiger partial charge on any atom is -0.449 e. The Kier molecular flexibility index (Phi) is 7.75. The van der Waals surface area contributed by atoms with E-state index >= 15 is 0 Å². The van der Waals surface area contributed by atoms with Crippen molar-refractivity contribution < 1.29 is 22.7 Å². The molecule has 172 valence electrons. The first-order valence-electron chi connectivity index (χ1n) is 11.3. The van der Waals surface area contributed by atoms with Crippen molar-refractivity contribution in [1.82, 2.24) is 9.21 Å². The summed E-state index contributed by atoms with van der Waals surface area (Å²) >= 11 is 0. The number of ether oxygens (including phenoxy) is 1. The van der Waals surface area contributed by atoms with Crippen LogP contribution in [-0.4, -0.2) is 61.3 Å². The Labute approximate surface area is 185 Å². The zero-order chi connectivity index (χ0) is 22.6. The van der Waals surface area contributed by atoms with Crippen LogP contribution in [0.5, 0.6) is 0 Å². The molecule has 2 fully saturated rings. The molecule has 1 aromatic carbocycles. The molecule has 0 aromatic heterocycles. The van der Waals surface area contributed by atoms with Crippen LogP contribution in [0.15, 0.2) is 23.1 Å². The third-order valence-corrected chi connectivity index (χ3v) is 8.34. The molecule has 0 saturated carbocycles. The molecule has 0 bridgehead atoms. The lowest BCUT2D eigenvalue weighted by molar-refractivity contribution is -0.139.